The van der Waals surface area contributed by atoms with Gasteiger partial charge in [-0.3, -0.25) is 9.88 Å². The fraction of sp³-hybridized carbons (Fsp3) is 0.389. The van der Waals surface area contributed by atoms with Crippen LogP contribution in [0.3, 0.4) is 0 Å². The SMILES string of the molecule is c1ccc(COCC2CN(Cc3nccs3)Cc3nccn3C2)nc1. The van der Waals surface area contributed by atoms with E-state index in [0.29, 0.717) is 19.1 Å². The Morgan fingerprint density at radius 1 is 1.12 bits per heavy atom. The molecule has 1 unspecified atom stereocenters. The van der Waals surface area contributed by atoms with Crippen LogP contribution in [0.4, 0.5) is 0 Å². The summed E-state index contributed by atoms with van der Waals surface area (Å²) >= 11 is 1.70. The smallest absolute Gasteiger partial charge is 0.122 e. The summed E-state index contributed by atoms with van der Waals surface area (Å²) in [5.41, 5.74) is 0.971. The van der Waals surface area contributed by atoms with E-state index < -0.39 is 0 Å². The van der Waals surface area contributed by atoms with E-state index in [2.05, 4.69) is 30.6 Å². The molecule has 3 aromatic rings. The minimum atomic E-state index is 0.416. The zero-order chi connectivity index (χ0) is 16.9. The van der Waals surface area contributed by atoms with Crippen LogP contribution in [0.1, 0.15) is 16.5 Å². The third-order valence-electron chi connectivity index (χ3n) is 4.31. The molecule has 0 spiro atoms. The normalized spacial score (nSPS) is 18.0. The van der Waals surface area contributed by atoms with E-state index in [1.807, 2.05) is 36.0 Å². The summed E-state index contributed by atoms with van der Waals surface area (Å²) in [5, 5.41) is 3.18. The van der Waals surface area contributed by atoms with Gasteiger partial charge in [0.2, 0.25) is 0 Å². The molecular formula is C18H21N5OS. The highest BCUT2D eigenvalue weighted by Crippen LogP contribution is 2.19. The van der Waals surface area contributed by atoms with Crippen LogP contribution in [-0.2, 0) is 31.0 Å². The molecule has 0 saturated heterocycles. The van der Waals surface area contributed by atoms with Crippen molar-refractivity contribution in [3.63, 3.8) is 0 Å². The highest BCUT2D eigenvalue weighted by Gasteiger charge is 2.23. The van der Waals surface area contributed by atoms with E-state index in [1.165, 1.54) is 0 Å². The predicted octanol–water partition coefficient (Wildman–Crippen LogP) is 2.58. The summed E-state index contributed by atoms with van der Waals surface area (Å²) in [6, 6.07) is 5.91. The van der Waals surface area contributed by atoms with Gasteiger partial charge >= 0.3 is 0 Å². The van der Waals surface area contributed by atoms with E-state index in [9.17, 15) is 0 Å². The first-order valence-electron chi connectivity index (χ1n) is 8.45. The second kappa shape index (κ2) is 7.86. The second-order valence-electron chi connectivity index (χ2n) is 6.29. The Labute approximate surface area is 151 Å². The standard InChI is InChI=1S/C18H21N5OS/c1-2-4-19-16(3-1)14-24-13-15-9-22(12-18-21-6-8-25-18)11-17-20-5-7-23(17)10-15/h1-8,15H,9-14H2. The first-order valence-corrected chi connectivity index (χ1v) is 9.33. The quantitative estimate of drug-likeness (QED) is 0.680. The van der Waals surface area contributed by atoms with Gasteiger partial charge in [0.25, 0.3) is 0 Å². The number of fused-ring (bicyclic) bond motifs is 1. The van der Waals surface area contributed by atoms with Crippen molar-refractivity contribution in [1.29, 1.82) is 0 Å². The number of hydrogen-bond donors (Lipinski definition) is 0. The number of ether oxygens (including phenoxy) is 1. The van der Waals surface area contributed by atoms with Gasteiger partial charge in [-0.15, -0.1) is 11.3 Å². The minimum Gasteiger partial charge on any atom is -0.375 e. The Balaban J connectivity index is 1.40. The van der Waals surface area contributed by atoms with Gasteiger partial charge in [0.1, 0.15) is 10.8 Å². The van der Waals surface area contributed by atoms with Crippen LogP contribution >= 0.6 is 11.3 Å². The van der Waals surface area contributed by atoms with Crippen molar-refractivity contribution in [3.05, 3.63) is 64.9 Å². The summed E-state index contributed by atoms with van der Waals surface area (Å²) in [4.78, 5) is 15.7. The van der Waals surface area contributed by atoms with E-state index in [4.69, 9.17) is 4.74 Å². The lowest BCUT2D eigenvalue weighted by Crippen LogP contribution is -2.30. The van der Waals surface area contributed by atoms with Crippen molar-refractivity contribution in [2.24, 2.45) is 5.92 Å². The van der Waals surface area contributed by atoms with Crippen molar-refractivity contribution < 1.29 is 4.74 Å². The molecule has 0 radical (unpaired) electrons. The predicted molar refractivity (Wildman–Crippen MR) is 95.8 cm³/mol. The molecule has 0 aliphatic carbocycles. The number of imidazole rings is 1. The number of rotatable bonds is 6. The van der Waals surface area contributed by atoms with Gasteiger partial charge in [-0.25, -0.2) is 9.97 Å². The molecule has 25 heavy (non-hydrogen) atoms. The summed E-state index contributed by atoms with van der Waals surface area (Å²) in [6.07, 6.45) is 7.62. The Bertz CT molecular complexity index is 774. The molecule has 7 heteroatoms. The van der Waals surface area contributed by atoms with Crippen LogP contribution < -0.4 is 0 Å². The molecule has 0 amide bonds. The summed E-state index contributed by atoms with van der Waals surface area (Å²) in [6.45, 7) is 4.89. The molecule has 1 aliphatic heterocycles. The third-order valence-corrected chi connectivity index (χ3v) is 5.07. The van der Waals surface area contributed by atoms with E-state index in [-0.39, 0.29) is 0 Å². The van der Waals surface area contributed by atoms with Gasteiger partial charge in [-0.2, -0.15) is 0 Å². The van der Waals surface area contributed by atoms with E-state index in [1.54, 1.807) is 17.5 Å². The van der Waals surface area contributed by atoms with Gasteiger partial charge < -0.3 is 9.30 Å². The third kappa shape index (κ3) is 4.31. The molecule has 0 aromatic carbocycles. The molecule has 0 N–H and O–H groups in total. The monoisotopic (exact) mass is 355 g/mol. The molecule has 6 nitrogen and oxygen atoms in total. The van der Waals surface area contributed by atoms with Gasteiger partial charge in [-0.05, 0) is 12.1 Å². The highest BCUT2D eigenvalue weighted by atomic mass is 32.1. The maximum Gasteiger partial charge on any atom is 0.122 e. The summed E-state index contributed by atoms with van der Waals surface area (Å²) in [7, 11) is 0. The topological polar surface area (TPSA) is 56.1 Å². The average molecular weight is 355 g/mol. The van der Waals surface area contributed by atoms with Crippen LogP contribution in [0.25, 0.3) is 0 Å². The van der Waals surface area contributed by atoms with Crippen LogP contribution in [-0.4, -0.2) is 37.6 Å². The zero-order valence-corrected chi connectivity index (χ0v) is 14.8. The Morgan fingerprint density at radius 3 is 2.96 bits per heavy atom. The van der Waals surface area contributed by atoms with Crippen LogP contribution in [0.15, 0.2) is 48.4 Å². The lowest BCUT2D eigenvalue weighted by atomic mass is 10.1. The first-order chi connectivity index (χ1) is 12.4. The molecule has 1 atom stereocenters. The molecular weight excluding hydrogens is 334 g/mol. The molecule has 130 valence electrons. The summed E-state index contributed by atoms with van der Waals surface area (Å²) in [5.74, 6) is 1.53. The number of thiazole rings is 1. The Morgan fingerprint density at radius 2 is 2.12 bits per heavy atom. The highest BCUT2D eigenvalue weighted by molar-refractivity contribution is 7.09. The second-order valence-corrected chi connectivity index (χ2v) is 7.27. The molecule has 0 bridgehead atoms. The van der Waals surface area contributed by atoms with Crippen molar-refractivity contribution >= 4 is 11.3 Å². The molecule has 4 rings (SSSR count). The maximum atomic E-state index is 5.95. The number of hydrogen-bond acceptors (Lipinski definition) is 6. The van der Waals surface area contributed by atoms with Crippen LogP contribution in [0, 0.1) is 5.92 Å². The number of pyridine rings is 1. The van der Waals surface area contributed by atoms with E-state index in [0.717, 1.165) is 42.7 Å². The van der Waals surface area contributed by atoms with Crippen molar-refractivity contribution in [2.75, 3.05) is 13.2 Å². The average Bonchev–Trinajstić information content (AvgIpc) is 3.25. The lowest BCUT2D eigenvalue weighted by molar-refractivity contribution is 0.0649. The molecule has 4 heterocycles. The molecule has 1 aliphatic rings. The molecule has 0 fully saturated rings. The number of aromatic nitrogens is 4. The van der Waals surface area contributed by atoms with E-state index >= 15 is 0 Å². The van der Waals surface area contributed by atoms with Crippen molar-refractivity contribution in [1.82, 2.24) is 24.4 Å². The largest absolute Gasteiger partial charge is 0.375 e. The van der Waals surface area contributed by atoms with Crippen LogP contribution in [0.5, 0.6) is 0 Å². The Kier molecular flexibility index (Phi) is 5.15. The van der Waals surface area contributed by atoms with Gasteiger partial charge in [0, 0.05) is 49.2 Å². The fourth-order valence-electron chi connectivity index (χ4n) is 3.19. The molecule has 3 aromatic heterocycles. The summed E-state index contributed by atoms with van der Waals surface area (Å²) < 4.78 is 8.20. The van der Waals surface area contributed by atoms with Crippen LogP contribution in [0.2, 0.25) is 0 Å². The van der Waals surface area contributed by atoms with Gasteiger partial charge in [-0.1, -0.05) is 6.07 Å². The Hall–Kier alpha value is -2.09. The lowest BCUT2D eigenvalue weighted by Gasteiger charge is -2.22. The fourth-order valence-corrected chi connectivity index (χ4v) is 3.84. The first kappa shape index (κ1) is 16.4. The van der Waals surface area contributed by atoms with Crippen molar-refractivity contribution in [2.45, 2.75) is 26.2 Å². The molecule has 0 saturated carbocycles. The maximum absolute atomic E-state index is 5.95. The number of nitrogens with zero attached hydrogens (tertiary/aromatic N) is 5. The zero-order valence-electron chi connectivity index (χ0n) is 14.0. The van der Waals surface area contributed by atoms with Gasteiger partial charge in [0.15, 0.2) is 0 Å². The minimum absolute atomic E-state index is 0.416. The van der Waals surface area contributed by atoms with Crippen molar-refractivity contribution in [3.8, 4) is 0 Å². The van der Waals surface area contributed by atoms with Gasteiger partial charge in [0.05, 0.1) is 32.0 Å².